The smallest absolute Gasteiger partial charge is 0.0959 e. The Balaban J connectivity index is 3.03. The summed E-state index contributed by atoms with van der Waals surface area (Å²) in [4.78, 5) is 0. The fraction of sp³-hybridized carbons (Fsp3) is 0.467. The van der Waals surface area contributed by atoms with E-state index >= 15 is 0 Å². The zero-order valence-electron chi connectivity index (χ0n) is 10.8. The fourth-order valence-corrected chi connectivity index (χ4v) is 1.81. The van der Waals surface area contributed by atoms with E-state index < -0.39 is 0 Å². The van der Waals surface area contributed by atoms with Crippen molar-refractivity contribution < 1.29 is 4.74 Å². The Morgan fingerprint density at radius 2 is 1.88 bits per heavy atom. The van der Waals surface area contributed by atoms with Crippen LogP contribution in [0.2, 0.25) is 0 Å². The van der Waals surface area contributed by atoms with Gasteiger partial charge in [-0.05, 0) is 43.4 Å². The summed E-state index contributed by atoms with van der Waals surface area (Å²) in [6, 6.07) is 8.61. The van der Waals surface area contributed by atoms with Crippen LogP contribution in [0.25, 0.3) is 5.57 Å². The summed E-state index contributed by atoms with van der Waals surface area (Å²) >= 11 is 0. The number of allylic oxidation sites excluding steroid dienone is 2. The molecule has 0 saturated carbocycles. The number of aryl methyl sites for hydroxylation is 1. The molecule has 0 radical (unpaired) electrons. The molecule has 0 heterocycles. The van der Waals surface area contributed by atoms with Gasteiger partial charge in [-0.2, -0.15) is 0 Å². The van der Waals surface area contributed by atoms with Crippen molar-refractivity contribution in [1.29, 1.82) is 0 Å². The second-order valence-electron chi connectivity index (χ2n) is 4.15. The van der Waals surface area contributed by atoms with Crippen LogP contribution in [0.4, 0.5) is 0 Å². The third-order valence-corrected chi connectivity index (χ3v) is 3.06. The van der Waals surface area contributed by atoms with Crippen LogP contribution in [0.15, 0.2) is 30.0 Å². The number of rotatable bonds is 5. The third-order valence-electron chi connectivity index (χ3n) is 3.06. The summed E-state index contributed by atoms with van der Waals surface area (Å²) in [6.45, 7) is 6.38. The Kier molecular flexibility index (Phi) is 5.10. The first-order valence-corrected chi connectivity index (χ1v) is 6.00. The van der Waals surface area contributed by atoms with Gasteiger partial charge in [0.1, 0.15) is 0 Å². The maximum Gasteiger partial charge on any atom is 0.0959 e. The van der Waals surface area contributed by atoms with Crippen molar-refractivity contribution in [2.24, 2.45) is 0 Å². The molecule has 0 aromatic heterocycles. The molecule has 0 N–H and O–H groups in total. The summed E-state index contributed by atoms with van der Waals surface area (Å²) in [5.41, 5.74) is 4.00. The fourth-order valence-electron chi connectivity index (χ4n) is 1.81. The Bertz CT molecular complexity index is 363. The minimum atomic E-state index is 1.00. The molecule has 0 spiro atoms. The predicted octanol–water partition coefficient (Wildman–Crippen LogP) is 4.43. The molecule has 0 aliphatic carbocycles. The van der Waals surface area contributed by atoms with E-state index in [0.717, 1.165) is 12.2 Å². The number of ether oxygens (including phenoxy) is 1. The zero-order valence-corrected chi connectivity index (χ0v) is 10.8. The molecule has 1 aromatic rings. The van der Waals surface area contributed by atoms with Crippen LogP contribution in [0, 0.1) is 0 Å². The second-order valence-corrected chi connectivity index (χ2v) is 4.15. The van der Waals surface area contributed by atoms with Crippen LogP contribution in [-0.2, 0) is 11.2 Å². The standard InChI is InChI=1S/C15H22O/c1-5-6-9-14-10-7-8-11-15(14)12(2)13(3)16-4/h7-8,10-11H,5-6,9H2,1-4H3. The Morgan fingerprint density at radius 3 is 2.50 bits per heavy atom. The normalized spacial score (nSPS) is 12.2. The van der Waals surface area contributed by atoms with Crippen molar-refractivity contribution in [3.8, 4) is 0 Å². The average Bonchev–Trinajstić information content (AvgIpc) is 2.34. The number of methoxy groups -OCH3 is 1. The van der Waals surface area contributed by atoms with Crippen LogP contribution in [0.3, 0.4) is 0 Å². The maximum absolute atomic E-state index is 5.31. The summed E-state index contributed by atoms with van der Waals surface area (Å²) < 4.78 is 5.31. The van der Waals surface area contributed by atoms with Crippen LogP contribution in [0.1, 0.15) is 44.7 Å². The third kappa shape index (κ3) is 3.13. The van der Waals surface area contributed by atoms with Gasteiger partial charge in [-0.15, -0.1) is 0 Å². The van der Waals surface area contributed by atoms with E-state index in [-0.39, 0.29) is 0 Å². The molecule has 16 heavy (non-hydrogen) atoms. The van der Waals surface area contributed by atoms with E-state index in [1.165, 1.54) is 29.5 Å². The minimum Gasteiger partial charge on any atom is -0.501 e. The summed E-state index contributed by atoms with van der Waals surface area (Å²) in [5, 5.41) is 0. The molecule has 1 aromatic carbocycles. The van der Waals surface area contributed by atoms with Gasteiger partial charge in [0.15, 0.2) is 0 Å². The topological polar surface area (TPSA) is 9.23 Å². The number of benzene rings is 1. The minimum absolute atomic E-state index is 1.00. The molecule has 0 aliphatic heterocycles. The second kappa shape index (κ2) is 6.37. The number of hydrogen-bond acceptors (Lipinski definition) is 1. The van der Waals surface area contributed by atoms with Crippen molar-refractivity contribution in [2.75, 3.05) is 7.11 Å². The van der Waals surface area contributed by atoms with Gasteiger partial charge in [0.2, 0.25) is 0 Å². The Hall–Kier alpha value is -1.24. The van der Waals surface area contributed by atoms with Crippen molar-refractivity contribution in [1.82, 2.24) is 0 Å². The molecule has 0 unspecified atom stereocenters. The molecule has 0 aliphatic rings. The van der Waals surface area contributed by atoms with Gasteiger partial charge >= 0.3 is 0 Å². The highest BCUT2D eigenvalue weighted by Gasteiger charge is 2.06. The lowest BCUT2D eigenvalue weighted by atomic mass is 9.96. The monoisotopic (exact) mass is 218 g/mol. The van der Waals surface area contributed by atoms with Gasteiger partial charge in [0.25, 0.3) is 0 Å². The molecular weight excluding hydrogens is 196 g/mol. The van der Waals surface area contributed by atoms with E-state index in [4.69, 9.17) is 4.74 Å². The Labute approximate surface area is 99.1 Å². The van der Waals surface area contributed by atoms with Gasteiger partial charge in [0.05, 0.1) is 12.9 Å². The molecular formula is C15H22O. The van der Waals surface area contributed by atoms with Gasteiger partial charge < -0.3 is 4.74 Å². The van der Waals surface area contributed by atoms with E-state index in [9.17, 15) is 0 Å². The highest BCUT2D eigenvalue weighted by molar-refractivity contribution is 5.68. The van der Waals surface area contributed by atoms with Crippen LogP contribution < -0.4 is 0 Å². The molecule has 0 atom stereocenters. The molecule has 0 saturated heterocycles. The first-order chi connectivity index (χ1) is 7.70. The first-order valence-electron chi connectivity index (χ1n) is 6.00. The Morgan fingerprint density at radius 1 is 1.19 bits per heavy atom. The van der Waals surface area contributed by atoms with E-state index in [1.54, 1.807) is 7.11 Å². The quantitative estimate of drug-likeness (QED) is 0.664. The highest BCUT2D eigenvalue weighted by atomic mass is 16.5. The van der Waals surface area contributed by atoms with Crippen molar-refractivity contribution >= 4 is 5.57 Å². The lowest BCUT2D eigenvalue weighted by Crippen LogP contribution is -1.95. The van der Waals surface area contributed by atoms with Crippen LogP contribution >= 0.6 is 0 Å². The van der Waals surface area contributed by atoms with E-state index in [2.05, 4.69) is 38.1 Å². The SMILES string of the molecule is CCCCc1ccccc1C(C)=C(C)OC. The molecule has 1 nitrogen and oxygen atoms in total. The summed E-state index contributed by atoms with van der Waals surface area (Å²) in [5.74, 6) is 1.00. The van der Waals surface area contributed by atoms with E-state index in [0.29, 0.717) is 0 Å². The largest absolute Gasteiger partial charge is 0.501 e. The van der Waals surface area contributed by atoms with Crippen LogP contribution in [0.5, 0.6) is 0 Å². The molecule has 88 valence electrons. The average molecular weight is 218 g/mol. The van der Waals surface area contributed by atoms with E-state index in [1.807, 2.05) is 6.92 Å². The molecule has 0 bridgehead atoms. The summed E-state index contributed by atoms with van der Waals surface area (Å²) in [6.07, 6.45) is 3.64. The van der Waals surface area contributed by atoms with Crippen molar-refractivity contribution in [3.05, 3.63) is 41.2 Å². The molecule has 1 heteroatoms. The predicted molar refractivity (Wildman–Crippen MR) is 70.3 cm³/mol. The maximum atomic E-state index is 5.31. The lowest BCUT2D eigenvalue weighted by Gasteiger charge is -2.12. The van der Waals surface area contributed by atoms with Gasteiger partial charge in [-0.3, -0.25) is 0 Å². The lowest BCUT2D eigenvalue weighted by molar-refractivity contribution is 0.295. The zero-order chi connectivity index (χ0) is 12.0. The van der Waals surface area contributed by atoms with Crippen molar-refractivity contribution in [2.45, 2.75) is 40.0 Å². The van der Waals surface area contributed by atoms with Crippen molar-refractivity contribution in [3.63, 3.8) is 0 Å². The molecule has 1 rings (SSSR count). The summed E-state index contributed by atoms with van der Waals surface area (Å²) in [7, 11) is 1.73. The number of hydrogen-bond donors (Lipinski definition) is 0. The first kappa shape index (κ1) is 12.8. The van der Waals surface area contributed by atoms with Crippen LogP contribution in [-0.4, -0.2) is 7.11 Å². The molecule has 0 fully saturated rings. The number of unbranched alkanes of at least 4 members (excludes halogenated alkanes) is 1. The van der Waals surface area contributed by atoms with Gasteiger partial charge in [-0.1, -0.05) is 37.6 Å². The molecule has 0 amide bonds. The highest BCUT2D eigenvalue weighted by Crippen LogP contribution is 2.23. The van der Waals surface area contributed by atoms with Gasteiger partial charge in [-0.25, -0.2) is 0 Å². The van der Waals surface area contributed by atoms with Gasteiger partial charge in [0, 0.05) is 0 Å².